The molecule has 45 heavy (non-hydrogen) atoms. The molecule has 238 valence electrons. The van der Waals surface area contributed by atoms with Gasteiger partial charge in [0.25, 0.3) is 0 Å². The fraction of sp³-hybridized carbons (Fsp3) is 0.361. The van der Waals surface area contributed by atoms with Gasteiger partial charge in [0.15, 0.2) is 17.3 Å². The van der Waals surface area contributed by atoms with Gasteiger partial charge in [-0.15, -0.1) is 0 Å². The Morgan fingerprint density at radius 2 is 1.60 bits per heavy atom. The number of nitrogens with zero attached hydrogens (tertiary/aromatic N) is 1. The molecule has 1 aliphatic rings. The summed E-state index contributed by atoms with van der Waals surface area (Å²) in [5.74, 6) is 1.54. The van der Waals surface area contributed by atoms with Crippen LogP contribution in [0.15, 0.2) is 72.8 Å². The molecule has 9 nitrogen and oxygen atoms in total. The number of rotatable bonds is 11. The zero-order valence-corrected chi connectivity index (χ0v) is 26.5. The number of hydrogen-bond donors (Lipinski definition) is 0. The summed E-state index contributed by atoms with van der Waals surface area (Å²) in [6.45, 7) is 8.35. The minimum absolute atomic E-state index is 0.00936. The predicted molar refractivity (Wildman–Crippen MR) is 171 cm³/mol. The second kappa shape index (κ2) is 15.3. The number of ketones is 1. The van der Waals surface area contributed by atoms with Crippen LogP contribution in [0.25, 0.3) is 6.08 Å². The van der Waals surface area contributed by atoms with E-state index in [9.17, 15) is 14.4 Å². The molecule has 3 aromatic rings. The fourth-order valence-electron chi connectivity index (χ4n) is 4.81. The lowest BCUT2D eigenvalue weighted by atomic mass is 10.0. The van der Waals surface area contributed by atoms with Crippen LogP contribution in [0.3, 0.4) is 0 Å². The Hall–Kier alpha value is -4.79. The molecule has 1 aliphatic heterocycles. The van der Waals surface area contributed by atoms with E-state index < -0.39 is 11.6 Å². The fourth-order valence-corrected chi connectivity index (χ4v) is 4.81. The topological polar surface area (TPSA) is 101 Å². The average molecular weight is 616 g/mol. The van der Waals surface area contributed by atoms with E-state index in [0.29, 0.717) is 54.5 Å². The third-order valence-corrected chi connectivity index (χ3v) is 6.98. The van der Waals surface area contributed by atoms with E-state index in [2.05, 4.69) is 0 Å². The molecular weight excluding hydrogens is 574 g/mol. The molecule has 1 fully saturated rings. The summed E-state index contributed by atoms with van der Waals surface area (Å²) in [4.78, 5) is 38.4. The smallest absolute Gasteiger partial charge is 0.410 e. The summed E-state index contributed by atoms with van der Waals surface area (Å²) >= 11 is 0. The Labute approximate surface area is 264 Å². The summed E-state index contributed by atoms with van der Waals surface area (Å²) in [7, 11) is 1.49. The molecule has 0 N–H and O–H groups in total. The van der Waals surface area contributed by atoms with Crippen LogP contribution in [0, 0.1) is 0 Å². The zero-order chi connectivity index (χ0) is 32.4. The minimum atomic E-state index is -0.519. The Balaban J connectivity index is 1.31. The van der Waals surface area contributed by atoms with E-state index in [1.165, 1.54) is 20.1 Å². The van der Waals surface area contributed by atoms with Gasteiger partial charge in [-0.3, -0.25) is 9.59 Å². The second-order valence-corrected chi connectivity index (χ2v) is 11.8. The van der Waals surface area contributed by atoms with Gasteiger partial charge < -0.3 is 28.6 Å². The van der Waals surface area contributed by atoms with Gasteiger partial charge in [0.05, 0.1) is 7.11 Å². The second-order valence-electron chi connectivity index (χ2n) is 11.8. The van der Waals surface area contributed by atoms with Crippen molar-refractivity contribution in [2.24, 2.45) is 0 Å². The first-order valence-electron chi connectivity index (χ1n) is 15.0. The number of methoxy groups -OCH3 is 1. The Kier molecular flexibility index (Phi) is 11.2. The average Bonchev–Trinajstić information content (AvgIpc) is 2.99. The molecule has 0 unspecified atom stereocenters. The largest absolute Gasteiger partial charge is 0.493 e. The number of carbonyl (C=O) groups excluding carboxylic acids is 3. The lowest BCUT2D eigenvalue weighted by molar-refractivity contribution is -0.132. The van der Waals surface area contributed by atoms with Crippen LogP contribution in [-0.2, 0) is 27.4 Å². The van der Waals surface area contributed by atoms with Gasteiger partial charge in [-0.2, -0.15) is 0 Å². The number of esters is 1. The highest BCUT2D eigenvalue weighted by atomic mass is 16.6. The first-order chi connectivity index (χ1) is 21.5. The Bertz CT molecular complexity index is 1520. The van der Waals surface area contributed by atoms with Crippen LogP contribution in [0.2, 0.25) is 0 Å². The van der Waals surface area contributed by atoms with E-state index in [1.54, 1.807) is 29.2 Å². The van der Waals surface area contributed by atoms with E-state index in [0.717, 1.165) is 11.1 Å². The normalized spacial score (nSPS) is 13.8. The number of piperidine rings is 1. The van der Waals surface area contributed by atoms with Crippen molar-refractivity contribution in [1.82, 2.24) is 4.90 Å². The van der Waals surface area contributed by atoms with Crippen molar-refractivity contribution in [2.45, 2.75) is 65.3 Å². The van der Waals surface area contributed by atoms with Crippen molar-refractivity contribution >= 4 is 23.9 Å². The molecule has 0 radical (unpaired) electrons. The third kappa shape index (κ3) is 10.4. The van der Waals surface area contributed by atoms with Crippen molar-refractivity contribution in [3.63, 3.8) is 0 Å². The Morgan fingerprint density at radius 3 is 2.29 bits per heavy atom. The van der Waals surface area contributed by atoms with Crippen LogP contribution in [-0.4, -0.2) is 54.7 Å². The number of likely N-dealkylation sites (tertiary alicyclic amines) is 1. The van der Waals surface area contributed by atoms with Crippen molar-refractivity contribution in [2.75, 3.05) is 20.2 Å². The first-order valence-corrected chi connectivity index (χ1v) is 15.0. The van der Waals surface area contributed by atoms with E-state index in [4.69, 9.17) is 23.7 Å². The number of carbonyl (C=O) groups is 3. The van der Waals surface area contributed by atoms with Gasteiger partial charge in [-0.05, 0) is 67.8 Å². The molecule has 1 heterocycles. The molecule has 0 atom stereocenters. The van der Waals surface area contributed by atoms with Crippen LogP contribution in [0.4, 0.5) is 4.79 Å². The predicted octanol–water partition coefficient (Wildman–Crippen LogP) is 6.80. The molecular formula is C36H41NO8. The first kappa shape index (κ1) is 33.1. The third-order valence-electron chi connectivity index (χ3n) is 6.98. The van der Waals surface area contributed by atoms with Crippen molar-refractivity contribution in [1.29, 1.82) is 0 Å². The summed E-state index contributed by atoms with van der Waals surface area (Å²) in [6.07, 6.45) is 4.52. The molecule has 3 aromatic carbocycles. The molecule has 1 saturated heterocycles. The Morgan fingerprint density at radius 1 is 0.889 bits per heavy atom. The van der Waals surface area contributed by atoms with E-state index >= 15 is 0 Å². The number of benzene rings is 3. The molecule has 0 aliphatic carbocycles. The standard InChI is InChI=1S/C36H41NO8/c1-25(38)43-34-21-26(14-16-33(34)41-5)13-15-29(39)22-27-9-6-7-10-28(27)24-42-31-11-8-12-32(23-31)44-30-17-19-37(20-18-30)35(40)45-36(2,3)4/h6-16,21,23,30H,17-20,22,24H2,1-5H3/b15-13+. The lowest BCUT2D eigenvalue weighted by Crippen LogP contribution is -2.44. The molecule has 0 saturated carbocycles. The summed E-state index contributed by atoms with van der Waals surface area (Å²) in [6, 6.07) is 20.3. The summed E-state index contributed by atoms with van der Waals surface area (Å²) in [5, 5.41) is 0. The molecule has 0 spiro atoms. The van der Waals surface area contributed by atoms with E-state index in [-0.39, 0.29) is 31.0 Å². The maximum atomic E-state index is 12.9. The number of amides is 1. The molecule has 1 amide bonds. The van der Waals surface area contributed by atoms with Crippen LogP contribution in [0.5, 0.6) is 23.0 Å². The van der Waals surface area contributed by atoms with Crippen LogP contribution >= 0.6 is 0 Å². The van der Waals surface area contributed by atoms with Gasteiger partial charge in [0.2, 0.25) is 0 Å². The zero-order valence-electron chi connectivity index (χ0n) is 26.5. The van der Waals surface area contributed by atoms with Gasteiger partial charge in [0.1, 0.15) is 29.8 Å². The summed E-state index contributed by atoms with van der Waals surface area (Å²) in [5.41, 5.74) is 1.95. The highest BCUT2D eigenvalue weighted by molar-refractivity contribution is 5.95. The highest BCUT2D eigenvalue weighted by Gasteiger charge is 2.27. The van der Waals surface area contributed by atoms with Gasteiger partial charge >= 0.3 is 12.1 Å². The van der Waals surface area contributed by atoms with Gasteiger partial charge in [-0.25, -0.2) is 4.79 Å². The number of allylic oxidation sites excluding steroid dienone is 1. The monoisotopic (exact) mass is 615 g/mol. The van der Waals surface area contributed by atoms with Crippen LogP contribution in [0.1, 0.15) is 57.2 Å². The van der Waals surface area contributed by atoms with Crippen molar-refractivity contribution in [3.8, 4) is 23.0 Å². The van der Waals surface area contributed by atoms with Gasteiger partial charge in [0, 0.05) is 45.3 Å². The van der Waals surface area contributed by atoms with E-state index in [1.807, 2.05) is 69.3 Å². The molecule has 9 heteroatoms. The van der Waals surface area contributed by atoms with Crippen molar-refractivity contribution < 1.29 is 38.1 Å². The lowest BCUT2D eigenvalue weighted by Gasteiger charge is -2.33. The van der Waals surface area contributed by atoms with Gasteiger partial charge in [-0.1, -0.05) is 42.5 Å². The number of ether oxygens (including phenoxy) is 5. The SMILES string of the molecule is COc1ccc(/C=C/C(=O)Cc2ccccc2COc2cccc(OC3CCN(C(=O)OC(C)(C)C)CC3)c2)cc1OC(C)=O. The maximum Gasteiger partial charge on any atom is 0.410 e. The molecule has 4 rings (SSSR count). The maximum absolute atomic E-state index is 12.9. The number of hydrogen-bond acceptors (Lipinski definition) is 8. The molecule has 0 aromatic heterocycles. The van der Waals surface area contributed by atoms with Crippen molar-refractivity contribution in [3.05, 3.63) is 89.5 Å². The van der Waals surface area contributed by atoms with Crippen LogP contribution < -0.4 is 18.9 Å². The molecule has 0 bridgehead atoms. The summed E-state index contributed by atoms with van der Waals surface area (Å²) < 4.78 is 28.2. The minimum Gasteiger partial charge on any atom is -0.493 e. The quantitative estimate of drug-likeness (QED) is 0.132. The highest BCUT2D eigenvalue weighted by Crippen LogP contribution is 2.29.